The first-order chi connectivity index (χ1) is 16.3. The Hall–Kier alpha value is -3.04. The molecule has 2 aliphatic heterocycles. The van der Waals surface area contributed by atoms with Gasteiger partial charge in [0.25, 0.3) is 0 Å². The standard InChI is InChI=1S/C27H33N5O/c28-20-22-11-17-31(18-12-22)26-6-4-16-32-27(26)25(21-29-32)23-7-9-24(10-8-23)33-19-5-15-30-13-2-1-3-14-30/h4,6-10,16,21-22H,1-3,5,11-15,17-19H2. The predicted octanol–water partition coefficient (Wildman–Crippen LogP) is 5.00. The molecule has 33 heavy (non-hydrogen) atoms. The van der Waals surface area contributed by atoms with E-state index in [2.05, 4.69) is 57.4 Å². The normalized spacial score (nSPS) is 17.8. The topological polar surface area (TPSA) is 56.8 Å². The van der Waals surface area contributed by atoms with E-state index in [9.17, 15) is 5.26 Å². The Kier molecular flexibility index (Phi) is 6.78. The number of pyridine rings is 1. The summed E-state index contributed by atoms with van der Waals surface area (Å²) in [6.07, 6.45) is 10.9. The van der Waals surface area contributed by atoms with Crippen molar-refractivity contribution in [1.82, 2.24) is 14.5 Å². The smallest absolute Gasteiger partial charge is 0.119 e. The van der Waals surface area contributed by atoms with Crippen LogP contribution in [0.25, 0.3) is 16.6 Å². The van der Waals surface area contributed by atoms with Crippen LogP contribution in [0.5, 0.6) is 5.75 Å². The molecule has 0 atom stereocenters. The zero-order valence-corrected chi connectivity index (χ0v) is 19.3. The van der Waals surface area contributed by atoms with Gasteiger partial charge in [0.05, 0.1) is 30.1 Å². The van der Waals surface area contributed by atoms with Crippen LogP contribution in [-0.2, 0) is 0 Å². The first-order valence-corrected chi connectivity index (χ1v) is 12.4. The molecule has 0 saturated carbocycles. The Morgan fingerprint density at radius 1 is 1.00 bits per heavy atom. The van der Waals surface area contributed by atoms with E-state index in [-0.39, 0.29) is 5.92 Å². The van der Waals surface area contributed by atoms with Crippen molar-refractivity contribution >= 4 is 11.2 Å². The number of anilines is 1. The van der Waals surface area contributed by atoms with Crippen LogP contribution >= 0.6 is 0 Å². The lowest BCUT2D eigenvalue weighted by Crippen LogP contribution is -2.33. The average molecular weight is 444 g/mol. The maximum Gasteiger partial charge on any atom is 0.119 e. The van der Waals surface area contributed by atoms with E-state index in [0.717, 1.165) is 67.9 Å². The van der Waals surface area contributed by atoms with E-state index in [0.29, 0.717) is 0 Å². The van der Waals surface area contributed by atoms with Crippen molar-refractivity contribution in [3.8, 4) is 22.9 Å². The van der Waals surface area contributed by atoms with Crippen molar-refractivity contribution in [2.24, 2.45) is 5.92 Å². The van der Waals surface area contributed by atoms with Crippen LogP contribution in [0.4, 0.5) is 5.69 Å². The molecule has 172 valence electrons. The van der Waals surface area contributed by atoms with Crippen molar-refractivity contribution in [2.45, 2.75) is 38.5 Å². The lowest BCUT2D eigenvalue weighted by molar-refractivity contribution is 0.205. The number of hydrogen-bond donors (Lipinski definition) is 0. The van der Waals surface area contributed by atoms with Crippen molar-refractivity contribution in [2.75, 3.05) is 44.2 Å². The fourth-order valence-electron chi connectivity index (χ4n) is 5.13. The highest BCUT2D eigenvalue weighted by molar-refractivity contribution is 5.90. The molecule has 0 aliphatic carbocycles. The second kappa shape index (κ2) is 10.3. The van der Waals surface area contributed by atoms with E-state index in [4.69, 9.17) is 4.74 Å². The van der Waals surface area contributed by atoms with Crippen molar-refractivity contribution < 1.29 is 4.74 Å². The highest BCUT2D eigenvalue weighted by Gasteiger charge is 2.22. The molecule has 2 aromatic heterocycles. The Balaban J connectivity index is 1.26. The third-order valence-electron chi connectivity index (χ3n) is 7.04. The molecule has 0 unspecified atom stereocenters. The van der Waals surface area contributed by atoms with Gasteiger partial charge in [0, 0.05) is 37.3 Å². The minimum absolute atomic E-state index is 0.178. The first kappa shape index (κ1) is 21.8. The number of ether oxygens (including phenoxy) is 1. The molecule has 1 aromatic carbocycles. The van der Waals surface area contributed by atoms with Gasteiger partial charge < -0.3 is 14.5 Å². The Labute approximate surface area is 196 Å². The number of nitrogens with zero attached hydrogens (tertiary/aromatic N) is 5. The van der Waals surface area contributed by atoms with Gasteiger partial charge in [-0.3, -0.25) is 0 Å². The third-order valence-corrected chi connectivity index (χ3v) is 7.04. The number of nitriles is 1. The SMILES string of the molecule is N#CC1CCN(c2cccn3ncc(-c4ccc(OCCCN5CCCCC5)cc4)c23)CC1. The second-order valence-electron chi connectivity index (χ2n) is 9.26. The zero-order chi connectivity index (χ0) is 22.5. The van der Waals surface area contributed by atoms with Crippen LogP contribution in [0.15, 0.2) is 48.8 Å². The summed E-state index contributed by atoms with van der Waals surface area (Å²) < 4.78 is 7.98. The van der Waals surface area contributed by atoms with Crippen molar-refractivity contribution in [3.05, 3.63) is 48.8 Å². The summed E-state index contributed by atoms with van der Waals surface area (Å²) in [5.74, 6) is 1.10. The summed E-state index contributed by atoms with van der Waals surface area (Å²) in [6.45, 7) is 6.20. The maximum absolute atomic E-state index is 9.23. The summed E-state index contributed by atoms with van der Waals surface area (Å²) in [6, 6.07) is 15.1. The van der Waals surface area contributed by atoms with E-state index in [1.54, 1.807) is 0 Å². The van der Waals surface area contributed by atoms with Gasteiger partial charge in [0.1, 0.15) is 5.75 Å². The third kappa shape index (κ3) is 4.99. The van der Waals surface area contributed by atoms with Gasteiger partial charge >= 0.3 is 0 Å². The molecular formula is C27H33N5O. The van der Waals surface area contributed by atoms with Gasteiger partial charge in [-0.1, -0.05) is 18.6 Å². The fraction of sp³-hybridized carbons (Fsp3) is 0.481. The van der Waals surface area contributed by atoms with Crippen LogP contribution in [0.2, 0.25) is 0 Å². The summed E-state index contributed by atoms with van der Waals surface area (Å²) in [7, 11) is 0. The van der Waals surface area contributed by atoms with Crippen LogP contribution < -0.4 is 9.64 Å². The minimum atomic E-state index is 0.178. The molecule has 0 N–H and O–H groups in total. The Bertz CT molecular complexity index is 1090. The van der Waals surface area contributed by atoms with E-state index in [1.807, 2.05) is 16.9 Å². The molecule has 5 rings (SSSR count). The lowest BCUT2D eigenvalue weighted by atomic mass is 9.97. The predicted molar refractivity (Wildman–Crippen MR) is 132 cm³/mol. The summed E-state index contributed by atoms with van der Waals surface area (Å²) in [5.41, 5.74) is 4.59. The first-order valence-electron chi connectivity index (χ1n) is 12.4. The van der Waals surface area contributed by atoms with Gasteiger partial charge in [0.15, 0.2) is 0 Å². The van der Waals surface area contributed by atoms with Crippen molar-refractivity contribution in [1.29, 1.82) is 5.26 Å². The number of benzene rings is 1. The van der Waals surface area contributed by atoms with Crippen LogP contribution in [0.3, 0.4) is 0 Å². The van der Waals surface area contributed by atoms with Crippen LogP contribution in [-0.4, -0.2) is 53.8 Å². The molecular weight excluding hydrogens is 410 g/mol. The number of rotatable bonds is 7. The summed E-state index contributed by atoms with van der Waals surface area (Å²) in [4.78, 5) is 4.95. The quantitative estimate of drug-likeness (QED) is 0.481. The number of piperidine rings is 2. The molecule has 0 amide bonds. The van der Waals surface area contributed by atoms with Crippen LogP contribution in [0.1, 0.15) is 38.5 Å². The highest BCUT2D eigenvalue weighted by atomic mass is 16.5. The Morgan fingerprint density at radius 3 is 2.55 bits per heavy atom. The van der Waals surface area contributed by atoms with E-state index in [1.165, 1.54) is 38.0 Å². The van der Waals surface area contributed by atoms with Gasteiger partial charge in [-0.05, 0) is 75.0 Å². The summed E-state index contributed by atoms with van der Waals surface area (Å²) in [5, 5.41) is 13.8. The van der Waals surface area contributed by atoms with Gasteiger partial charge in [-0.2, -0.15) is 10.4 Å². The van der Waals surface area contributed by atoms with Gasteiger partial charge in [0.2, 0.25) is 0 Å². The largest absolute Gasteiger partial charge is 0.494 e. The molecule has 3 aromatic rings. The molecule has 4 heterocycles. The van der Waals surface area contributed by atoms with Gasteiger partial charge in [-0.15, -0.1) is 0 Å². The number of fused-ring (bicyclic) bond motifs is 1. The maximum atomic E-state index is 9.23. The van der Waals surface area contributed by atoms with E-state index >= 15 is 0 Å². The molecule has 2 aliphatic rings. The van der Waals surface area contributed by atoms with Crippen molar-refractivity contribution in [3.63, 3.8) is 0 Å². The minimum Gasteiger partial charge on any atom is -0.494 e. The highest BCUT2D eigenvalue weighted by Crippen LogP contribution is 2.34. The van der Waals surface area contributed by atoms with Gasteiger partial charge in [-0.25, -0.2) is 4.52 Å². The monoisotopic (exact) mass is 443 g/mol. The molecule has 0 spiro atoms. The summed E-state index contributed by atoms with van der Waals surface area (Å²) >= 11 is 0. The van der Waals surface area contributed by atoms with Crippen LogP contribution in [0, 0.1) is 17.2 Å². The molecule has 6 nitrogen and oxygen atoms in total. The lowest BCUT2D eigenvalue weighted by Gasteiger charge is -2.31. The zero-order valence-electron chi connectivity index (χ0n) is 19.3. The molecule has 2 fully saturated rings. The number of likely N-dealkylation sites (tertiary alicyclic amines) is 1. The molecule has 0 radical (unpaired) electrons. The molecule has 6 heteroatoms. The number of hydrogen-bond acceptors (Lipinski definition) is 5. The fourth-order valence-corrected chi connectivity index (χ4v) is 5.13. The second-order valence-corrected chi connectivity index (χ2v) is 9.26. The Morgan fingerprint density at radius 2 is 1.79 bits per heavy atom. The van der Waals surface area contributed by atoms with E-state index < -0.39 is 0 Å². The molecule has 2 saturated heterocycles. The number of aromatic nitrogens is 2. The average Bonchev–Trinajstić information content (AvgIpc) is 3.32. The molecule has 0 bridgehead atoms.